The minimum atomic E-state index is -0.0747. The van der Waals surface area contributed by atoms with E-state index in [1.807, 2.05) is 51.3 Å². The third-order valence-corrected chi connectivity index (χ3v) is 7.06. The molecule has 0 fully saturated rings. The molecule has 2 aliphatic rings. The van der Waals surface area contributed by atoms with Gasteiger partial charge in [-0.3, -0.25) is 4.79 Å². The molecule has 4 rings (SSSR count). The molecule has 0 saturated carbocycles. The summed E-state index contributed by atoms with van der Waals surface area (Å²) < 4.78 is 0. The van der Waals surface area contributed by atoms with Crippen molar-refractivity contribution in [3.63, 3.8) is 0 Å². The maximum Gasteiger partial charge on any atom is 0.163 e. The van der Waals surface area contributed by atoms with Gasteiger partial charge in [-0.1, -0.05) is 93.3 Å². The fourth-order valence-electron chi connectivity index (χ4n) is 4.69. The fraction of sp³-hybridized carbons (Fsp3) is 0.294. The lowest BCUT2D eigenvalue weighted by molar-refractivity contribution is -0.115. The van der Waals surface area contributed by atoms with Crippen molar-refractivity contribution in [2.24, 2.45) is 5.92 Å². The van der Waals surface area contributed by atoms with E-state index in [-0.39, 0.29) is 17.7 Å². The van der Waals surface area contributed by atoms with Gasteiger partial charge < -0.3 is 10.7 Å². The van der Waals surface area contributed by atoms with Gasteiger partial charge in [-0.2, -0.15) is 0 Å². The lowest BCUT2D eigenvalue weighted by Gasteiger charge is -2.22. The molecular weight excluding hydrogens is 452 g/mol. The van der Waals surface area contributed by atoms with Crippen molar-refractivity contribution in [1.82, 2.24) is 5.32 Å². The van der Waals surface area contributed by atoms with E-state index >= 15 is 0 Å². The van der Waals surface area contributed by atoms with Crippen LogP contribution in [0.4, 0.5) is 0 Å². The quantitative estimate of drug-likeness (QED) is 0.406. The summed E-state index contributed by atoms with van der Waals surface area (Å²) in [6, 6.07) is 14.9. The first kappa shape index (κ1) is 28.0. The highest BCUT2D eigenvalue weighted by molar-refractivity contribution is 6.04. The Labute approximate surface area is 222 Å². The number of rotatable bonds is 8. The summed E-state index contributed by atoms with van der Waals surface area (Å²) in [5.74, 6) is 0.295. The second-order valence-electron chi connectivity index (χ2n) is 9.52. The smallest absolute Gasteiger partial charge is 0.163 e. The highest BCUT2D eigenvalue weighted by Gasteiger charge is 2.22. The molecule has 2 atom stereocenters. The van der Waals surface area contributed by atoms with Gasteiger partial charge in [0.15, 0.2) is 5.78 Å². The molecule has 0 amide bonds. The Balaban J connectivity index is 0.00000186. The van der Waals surface area contributed by atoms with Crippen LogP contribution in [0.3, 0.4) is 0 Å². The Hall–Kier alpha value is -3.56. The van der Waals surface area contributed by atoms with Gasteiger partial charge >= 0.3 is 0 Å². The number of aryl methyl sites for hydroxylation is 3. The third-order valence-electron chi connectivity index (χ3n) is 7.06. The number of nitrogens with one attached hydrogen (secondary N) is 2. The van der Waals surface area contributed by atoms with Crippen molar-refractivity contribution in [3.8, 4) is 0 Å². The molecule has 0 aliphatic heterocycles. The summed E-state index contributed by atoms with van der Waals surface area (Å²) in [4.78, 5) is 13.2. The zero-order valence-electron chi connectivity index (χ0n) is 22.9. The first-order valence-electron chi connectivity index (χ1n) is 13.3. The molecule has 0 saturated heterocycles. The molecular formula is C34H40N2O. The standard InChI is InChI=1S/C32H34N2O.C2H6/c1-21-11-12-25(17-22(21)2)19-26-8-6-10-29(23(26)3)32(35)16-13-24-7-5-9-27(18-24)28-14-15-30(33)31(20-28)34-4;1-2/h5-12,14-15,17-18,20,26,31,33-34H,3,13,16,19H2,1-2,4H3;1-2H3. The van der Waals surface area contributed by atoms with Crippen molar-refractivity contribution in [3.05, 3.63) is 124 Å². The van der Waals surface area contributed by atoms with Gasteiger partial charge in [0.05, 0.1) is 11.8 Å². The molecule has 0 aromatic heterocycles. The van der Waals surface area contributed by atoms with Crippen LogP contribution in [-0.2, 0) is 17.6 Å². The SMILES string of the molecule is C=C1C(C(=O)CCc2cccc(C3=CC(NC)C(=N)C=C3)c2)=CC=CC1Cc1ccc(C)c(C)c1.CC. The number of hydrogen-bond acceptors (Lipinski definition) is 3. The van der Waals surface area contributed by atoms with Crippen LogP contribution < -0.4 is 5.32 Å². The van der Waals surface area contributed by atoms with Crippen LogP contribution in [0.1, 0.15) is 48.1 Å². The summed E-state index contributed by atoms with van der Waals surface area (Å²) in [6.45, 7) is 12.6. The topological polar surface area (TPSA) is 53.0 Å². The minimum absolute atomic E-state index is 0.0747. The summed E-state index contributed by atoms with van der Waals surface area (Å²) in [5, 5.41) is 11.2. The second kappa shape index (κ2) is 13.1. The van der Waals surface area contributed by atoms with Gasteiger partial charge in [0.25, 0.3) is 0 Å². The van der Waals surface area contributed by atoms with Crippen LogP contribution in [0, 0.1) is 25.2 Å². The lowest BCUT2D eigenvalue weighted by Crippen LogP contribution is -2.31. The Morgan fingerprint density at radius 1 is 1.03 bits per heavy atom. The molecule has 192 valence electrons. The normalized spacial score (nSPS) is 18.6. The Morgan fingerprint density at radius 3 is 2.54 bits per heavy atom. The van der Waals surface area contributed by atoms with Crippen LogP contribution in [0.5, 0.6) is 0 Å². The van der Waals surface area contributed by atoms with Gasteiger partial charge in [-0.05, 0) is 78.8 Å². The molecule has 3 heteroatoms. The zero-order valence-corrected chi connectivity index (χ0v) is 22.9. The highest BCUT2D eigenvalue weighted by Crippen LogP contribution is 2.30. The van der Waals surface area contributed by atoms with Crippen LogP contribution >= 0.6 is 0 Å². The molecule has 2 aromatic rings. The number of ketones is 1. The van der Waals surface area contributed by atoms with Crippen molar-refractivity contribution in [2.75, 3.05) is 7.05 Å². The first-order chi connectivity index (χ1) is 17.9. The molecule has 37 heavy (non-hydrogen) atoms. The van der Waals surface area contributed by atoms with E-state index in [1.165, 1.54) is 16.7 Å². The molecule has 0 spiro atoms. The van der Waals surface area contributed by atoms with Crippen LogP contribution in [0.2, 0.25) is 0 Å². The predicted octanol–water partition coefficient (Wildman–Crippen LogP) is 7.30. The Morgan fingerprint density at radius 2 is 1.81 bits per heavy atom. The van der Waals surface area contributed by atoms with E-state index in [0.29, 0.717) is 18.6 Å². The van der Waals surface area contributed by atoms with Crippen LogP contribution in [0.25, 0.3) is 5.57 Å². The number of carbonyl (C=O) groups excluding carboxylic acids is 1. The number of Topliss-reactive ketones (excluding diaryl/α,β-unsaturated/α-hetero) is 1. The molecule has 3 nitrogen and oxygen atoms in total. The maximum atomic E-state index is 13.2. The summed E-state index contributed by atoms with van der Waals surface area (Å²) in [5.41, 5.74) is 9.43. The summed E-state index contributed by atoms with van der Waals surface area (Å²) in [7, 11) is 1.86. The lowest BCUT2D eigenvalue weighted by atomic mass is 9.82. The van der Waals surface area contributed by atoms with E-state index in [2.05, 4.69) is 74.3 Å². The van der Waals surface area contributed by atoms with E-state index in [9.17, 15) is 4.79 Å². The zero-order chi connectivity index (χ0) is 26.9. The molecule has 0 heterocycles. The van der Waals surface area contributed by atoms with Crippen molar-refractivity contribution >= 4 is 17.1 Å². The third kappa shape index (κ3) is 7.02. The molecule has 0 radical (unpaired) electrons. The van der Waals surface area contributed by atoms with Crippen molar-refractivity contribution < 1.29 is 4.79 Å². The molecule has 2 aromatic carbocycles. The van der Waals surface area contributed by atoms with Gasteiger partial charge in [-0.15, -0.1) is 0 Å². The monoisotopic (exact) mass is 492 g/mol. The molecule has 2 aliphatic carbocycles. The fourth-order valence-corrected chi connectivity index (χ4v) is 4.69. The number of hydrogen-bond donors (Lipinski definition) is 2. The second-order valence-corrected chi connectivity index (χ2v) is 9.52. The summed E-state index contributed by atoms with van der Waals surface area (Å²) in [6.07, 6.45) is 14.0. The van der Waals surface area contributed by atoms with Gasteiger partial charge in [0.2, 0.25) is 0 Å². The minimum Gasteiger partial charge on any atom is -0.309 e. The number of carbonyl (C=O) groups is 1. The van der Waals surface area contributed by atoms with Crippen molar-refractivity contribution in [1.29, 1.82) is 5.41 Å². The van der Waals surface area contributed by atoms with Crippen molar-refractivity contribution in [2.45, 2.75) is 53.0 Å². The predicted molar refractivity (Wildman–Crippen MR) is 158 cm³/mol. The van der Waals surface area contributed by atoms with Gasteiger partial charge in [0, 0.05) is 17.9 Å². The van der Waals surface area contributed by atoms with Crippen LogP contribution in [0.15, 0.2) is 96.6 Å². The molecule has 0 bridgehead atoms. The Kier molecular flexibility index (Phi) is 9.93. The number of likely N-dealkylation sites (N-methyl/N-ethyl adjacent to an activating group) is 1. The van der Waals surface area contributed by atoms with Crippen LogP contribution in [-0.4, -0.2) is 24.6 Å². The average molecular weight is 493 g/mol. The first-order valence-corrected chi connectivity index (χ1v) is 13.3. The number of allylic oxidation sites excluding steroid dienone is 7. The largest absolute Gasteiger partial charge is 0.309 e. The Bertz CT molecular complexity index is 1290. The van der Waals surface area contributed by atoms with Gasteiger partial charge in [0.1, 0.15) is 0 Å². The summed E-state index contributed by atoms with van der Waals surface area (Å²) >= 11 is 0. The van der Waals surface area contributed by atoms with E-state index < -0.39 is 0 Å². The molecule has 2 unspecified atom stereocenters. The van der Waals surface area contributed by atoms with E-state index in [0.717, 1.165) is 34.3 Å². The van der Waals surface area contributed by atoms with E-state index in [4.69, 9.17) is 5.41 Å². The van der Waals surface area contributed by atoms with E-state index in [1.54, 1.807) is 0 Å². The average Bonchev–Trinajstić information content (AvgIpc) is 2.92. The highest BCUT2D eigenvalue weighted by atomic mass is 16.1. The molecule has 2 N–H and O–H groups in total. The number of benzene rings is 2. The maximum absolute atomic E-state index is 13.2. The van der Waals surface area contributed by atoms with Gasteiger partial charge in [-0.25, -0.2) is 0 Å².